The van der Waals surface area contributed by atoms with Gasteiger partial charge in [-0.25, -0.2) is 0 Å². The fourth-order valence-corrected chi connectivity index (χ4v) is 1.06. The Morgan fingerprint density at radius 3 is 2.06 bits per heavy atom. The van der Waals surface area contributed by atoms with Crippen LogP contribution in [0.3, 0.4) is 0 Å². The maximum absolute atomic E-state index is 10.3. The molecule has 1 N–H and O–H groups in total. The number of esters is 1. The minimum absolute atomic E-state index is 0.0772. The molecule has 0 saturated heterocycles. The first-order valence-electron chi connectivity index (χ1n) is 4.66. The van der Waals surface area contributed by atoms with Gasteiger partial charge in [0, 0.05) is 6.92 Å². The van der Waals surface area contributed by atoms with E-state index in [1.54, 1.807) is 0 Å². The Bertz CT molecular complexity index is 285. The lowest BCUT2D eigenvalue weighted by atomic mass is 10.7. The molecule has 8 heteroatoms. The molecule has 0 bridgehead atoms. The van der Waals surface area contributed by atoms with Crippen LogP contribution in [-0.4, -0.2) is 57.7 Å². The largest absolute Gasteiger partial charge is 0.463 e. The fraction of sp³-hybridized carbons (Fsp3) is 0.875. The summed E-state index contributed by atoms with van der Waals surface area (Å²) in [6, 6.07) is 0. The van der Waals surface area contributed by atoms with Gasteiger partial charge < -0.3 is 14.2 Å². The van der Waals surface area contributed by atoms with E-state index in [1.807, 2.05) is 0 Å². The van der Waals surface area contributed by atoms with Crippen molar-refractivity contribution in [3.63, 3.8) is 0 Å². The molecule has 96 valence electrons. The zero-order chi connectivity index (χ0) is 12.4. The van der Waals surface area contributed by atoms with Crippen molar-refractivity contribution in [1.82, 2.24) is 0 Å². The van der Waals surface area contributed by atoms with E-state index in [4.69, 9.17) is 14.0 Å². The molecule has 0 aromatic heterocycles. The molecule has 0 saturated carbocycles. The third-order valence-electron chi connectivity index (χ3n) is 1.39. The van der Waals surface area contributed by atoms with Crippen molar-refractivity contribution in [2.45, 2.75) is 6.92 Å². The topological polar surface area (TPSA) is 99.1 Å². The first kappa shape index (κ1) is 15.3. The lowest BCUT2D eigenvalue weighted by Gasteiger charge is -2.05. The van der Waals surface area contributed by atoms with Gasteiger partial charge in [-0.2, -0.15) is 8.42 Å². The summed E-state index contributed by atoms with van der Waals surface area (Å²) in [5.74, 6) is -0.798. The fourth-order valence-electron chi connectivity index (χ4n) is 0.731. The van der Waals surface area contributed by atoms with Crippen LogP contribution in [0.5, 0.6) is 0 Å². The zero-order valence-corrected chi connectivity index (χ0v) is 9.86. The quantitative estimate of drug-likeness (QED) is 0.336. The number of carbonyl (C=O) groups excluding carboxylic acids is 1. The van der Waals surface area contributed by atoms with Gasteiger partial charge in [0.15, 0.2) is 0 Å². The first-order chi connectivity index (χ1) is 7.42. The number of rotatable bonds is 9. The highest BCUT2D eigenvalue weighted by molar-refractivity contribution is 7.85. The molecule has 0 rings (SSSR count). The molecule has 0 aliphatic carbocycles. The Balaban J connectivity index is 3.13. The summed E-state index contributed by atoms with van der Waals surface area (Å²) < 4.78 is 43.3. The van der Waals surface area contributed by atoms with Gasteiger partial charge in [-0.1, -0.05) is 0 Å². The minimum Gasteiger partial charge on any atom is -0.463 e. The molecule has 16 heavy (non-hydrogen) atoms. The molecule has 0 fully saturated rings. The van der Waals surface area contributed by atoms with Crippen LogP contribution >= 0.6 is 0 Å². The van der Waals surface area contributed by atoms with Crippen LogP contribution < -0.4 is 0 Å². The van der Waals surface area contributed by atoms with Crippen LogP contribution in [-0.2, 0) is 29.1 Å². The van der Waals surface area contributed by atoms with Crippen molar-refractivity contribution in [2.24, 2.45) is 0 Å². The number of carbonyl (C=O) groups is 1. The van der Waals surface area contributed by atoms with E-state index in [9.17, 15) is 13.2 Å². The molecule has 0 aliphatic rings. The van der Waals surface area contributed by atoms with Gasteiger partial charge in [0.05, 0.1) is 32.2 Å². The molecule has 7 nitrogen and oxygen atoms in total. The van der Waals surface area contributed by atoms with Gasteiger partial charge >= 0.3 is 5.97 Å². The van der Waals surface area contributed by atoms with Crippen molar-refractivity contribution in [3.8, 4) is 0 Å². The molecule has 0 unspecified atom stereocenters. The van der Waals surface area contributed by atoms with Crippen LogP contribution in [0.4, 0.5) is 0 Å². The molecule has 0 heterocycles. The van der Waals surface area contributed by atoms with Crippen LogP contribution in [0.25, 0.3) is 0 Å². The maximum atomic E-state index is 10.3. The Hall–Kier alpha value is -0.700. The summed E-state index contributed by atoms with van der Waals surface area (Å²) in [4.78, 5) is 10.3. The second kappa shape index (κ2) is 8.45. The van der Waals surface area contributed by atoms with Crippen LogP contribution in [0.15, 0.2) is 0 Å². The smallest absolute Gasteiger partial charge is 0.302 e. The molecule has 0 spiro atoms. The predicted octanol–water partition coefficient (Wildman–Crippen LogP) is -0.529. The van der Waals surface area contributed by atoms with Crippen LogP contribution in [0.2, 0.25) is 0 Å². The van der Waals surface area contributed by atoms with Crippen molar-refractivity contribution in [3.05, 3.63) is 0 Å². The molecular weight excluding hydrogens is 240 g/mol. The minimum atomic E-state index is -3.96. The summed E-state index contributed by atoms with van der Waals surface area (Å²) in [5, 5.41) is 0. The van der Waals surface area contributed by atoms with Gasteiger partial charge in [-0.15, -0.1) is 0 Å². The monoisotopic (exact) mass is 256 g/mol. The highest BCUT2D eigenvalue weighted by Crippen LogP contribution is 1.85. The molecule has 0 radical (unpaired) electrons. The average Bonchev–Trinajstić information content (AvgIpc) is 2.13. The highest BCUT2D eigenvalue weighted by Gasteiger charge is 2.03. The molecule has 0 aliphatic heterocycles. The van der Waals surface area contributed by atoms with E-state index < -0.39 is 15.9 Å². The Morgan fingerprint density at radius 2 is 1.56 bits per heavy atom. The number of ether oxygens (including phenoxy) is 3. The molecule has 0 atom stereocenters. The summed E-state index contributed by atoms with van der Waals surface area (Å²) >= 11 is 0. The summed E-state index contributed by atoms with van der Waals surface area (Å²) in [7, 11) is -3.96. The van der Waals surface area contributed by atoms with Crippen molar-refractivity contribution in [2.75, 3.05) is 38.8 Å². The Labute approximate surface area is 94.4 Å². The average molecular weight is 256 g/mol. The Morgan fingerprint density at radius 1 is 1.06 bits per heavy atom. The number of hydrogen-bond acceptors (Lipinski definition) is 6. The summed E-state index contributed by atoms with van der Waals surface area (Å²) in [6.45, 7) is 2.16. The van der Waals surface area contributed by atoms with Gasteiger partial charge in [-0.3, -0.25) is 9.35 Å². The lowest BCUT2D eigenvalue weighted by Crippen LogP contribution is -2.14. The van der Waals surface area contributed by atoms with Gasteiger partial charge in [0.2, 0.25) is 0 Å². The normalized spacial score (nSPS) is 11.4. The highest BCUT2D eigenvalue weighted by atomic mass is 32.2. The standard InChI is InChI=1S/C8H16O7S/c1-8(9)15-5-4-13-2-3-14-6-7-16(10,11)12/h2-7H2,1H3,(H,10,11,12). The van der Waals surface area contributed by atoms with E-state index in [0.29, 0.717) is 0 Å². The third-order valence-corrected chi connectivity index (χ3v) is 2.07. The lowest BCUT2D eigenvalue weighted by molar-refractivity contribution is -0.142. The van der Waals surface area contributed by atoms with Crippen LogP contribution in [0.1, 0.15) is 6.92 Å². The zero-order valence-electron chi connectivity index (χ0n) is 9.05. The van der Waals surface area contributed by atoms with E-state index in [-0.39, 0.29) is 39.0 Å². The summed E-state index contributed by atoms with van der Waals surface area (Å²) in [5.41, 5.74) is 0. The third kappa shape index (κ3) is 13.3. The summed E-state index contributed by atoms with van der Waals surface area (Å²) in [6.07, 6.45) is 0. The first-order valence-corrected chi connectivity index (χ1v) is 6.27. The van der Waals surface area contributed by atoms with Crippen molar-refractivity contribution >= 4 is 16.1 Å². The second-order valence-corrected chi connectivity index (χ2v) is 4.42. The van der Waals surface area contributed by atoms with Gasteiger partial charge in [0.25, 0.3) is 10.1 Å². The SMILES string of the molecule is CC(=O)OCCOCCOCCS(=O)(=O)O. The van der Waals surface area contributed by atoms with E-state index >= 15 is 0 Å². The Kier molecular flexibility index (Phi) is 8.08. The van der Waals surface area contributed by atoms with Crippen LogP contribution in [0, 0.1) is 0 Å². The molecule has 0 amide bonds. The molecular formula is C8H16O7S. The molecule has 0 aromatic rings. The van der Waals surface area contributed by atoms with E-state index in [0.717, 1.165) is 0 Å². The molecule has 0 aromatic carbocycles. The predicted molar refractivity (Wildman–Crippen MR) is 54.7 cm³/mol. The van der Waals surface area contributed by atoms with E-state index in [2.05, 4.69) is 4.74 Å². The van der Waals surface area contributed by atoms with E-state index in [1.165, 1.54) is 6.92 Å². The van der Waals surface area contributed by atoms with Crippen molar-refractivity contribution in [1.29, 1.82) is 0 Å². The van der Waals surface area contributed by atoms with Gasteiger partial charge in [0.1, 0.15) is 6.61 Å². The van der Waals surface area contributed by atoms with Gasteiger partial charge in [-0.05, 0) is 0 Å². The second-order valence-electron chi connectivity index (χ2n) is 2.85. The van der Waals surface area contributed by atoms with Crippen molar-refractivity contribution < 1.29 is 32.0 Å². The number of hydrogen-bond donors (Lipinski definition) is 1. The maximum Gasteiger partial charge on any atom is 0.302 e.